The van der Waals surface area contributed by atoms with Crippen molar-refractivity contribution in [2.75, 3.05) is 6.61 Å². The van der Waals surface area contributed by atoms with E-state index in [4.69, 9.17) is 15.0 Å². The summed E-state index contributed by atoms with van der Waals surface area (Å²) in [6.07, 6.45) is 0.990. The first-order valence-corrected chi connectivity index (χ1v) is 5.34. The van der Waals surface area contributed by atoms with Crippen molar-refractivity contribution in [2.45, 2.75) is 39.8 Å². The number of ether oxygens (including phenoxy) is 1. The number of hydrogen-bond acceptors (Lipinski definition) is 5. The SMILES string of the molecule is CCOCc1noc(C(N)C(C)CC)n1. The molecule has 0 saturated heterocycles. The van der Waals surface area contributed by atoms with E-state index in [0.717, 1.165) is 6.42 Å². The summed E-state index contributed by atoms with van der Waals surface area (Å²) in [5, 5.41) is 3.80. The van der Waals surface area contributed by atoms with Crippen molar-refractivity contribution >= 4 is 0 Å². The van der Waals surface area contributed by atoms with Crippen molar-refractivity contribution in [3.05, 3.63) is 11.7 Å². The summed E-state index contributed by atoms with van der Waals surface area (Å²) in [6.45, 7) is 7.10. The predicted molar refractivity (Wildman–Crippen MR) is 56.0 cm³/mol. The van der Waals surface area contributed by atoms with Gasteiger partial charge in [0.2, 0.25) is 5.89 Å². The molecule has 1 rings (SSSR count). The van der Waals surface area contributed by atoms with Gasteiger partial charge in [-0.1, -0.05) is 25.4 Å². The number of rotatable bonds is 6. The van der Waals surface area contributed by atoms with Gasteiger partial charge in [-0.15, -0.1) is 0 Å². The lowest BCUT2D eigenvalue weighted by molar-refractivity contribution is 0.126. The second-order valence-corrected chi connectivity index (χ2v) is 3.60. The number of nitrogens with zero attached hydrogens (tertiary/aromatic N) is 2. The Morgan fingerprint density at radius 3 is 2.80 bits per heavy atom. The lowest BCUT2D eigenvalue weighted by Gasteiger charge is -2.12. The van der Waals surface area contributed by atoms with Gasteiger partial charge in [0.25, 0.3) is 0 Å². The third-order valence-corrected chi connectivity index (χ3v) is 2.46. The van der Waals surface area contributed by atoms with Crippen LogP contribution in [0.2, 0.25) is 0 Å². The van der Waals surface area contributed by atoms with Crippen LogP contribution in [-0.2, 0) is 11.3 Å². The van der Waals surface area contributed by atoms with E-state index >= 15 is 0 Å². The van der Waals surface area contributed by atoms with E-state index in [1.54, 1.807) is 0 Å². The highest BCUT2D eigenvalue weighted by atomic mass is 16.5. The molecule has 2 N–H and O–H groups in total. The first kappa shape index (κ1) is 12.1. The minimum absolute atomic E-state index is 0.183. The Hall–Kier alpha value is -0.940. The molecule has 2 unspecified atom stereocenters. The molecule has 0 bridgehead atoms. The van der Waals surface area contributed by atoms with E-state index in [9.17, 15) is 0 Å². The fourth-order valence-electron chi connectivity index (χ4n) is 1.15. The third-order valence-electron chi connectivity index (χ3n) is 2.46. The van der Waals surface area contributed by atoms with Crippen molar-refractivity contribution in [2.24, 2.45) is 11.7 Å². The van der Waals surface area contributed by atoms with Crippen LogP contribution in [0.4, 0.5) is 0 Å². The summed E-state index contributed by atoms with van der Waals surface area (Å²) in [5.41, 5.74) is 5.95. The molecule has 0 amide bonds. The van der Waals surface area contributed by atoms with Crippen LogP contribution in [0, 0.1) is 5.92 Å². The van der Waals surface area contributed by atoms with Crippen LogP contribution in [0.3, 0.4) is 0 Å². The summed E-state index contributed by atoms with van der Waals surface area (Å²) < 4.78 is 10.3. The summed E-state index contributed by atoms with van der Waals surface area (Å²) in [4.78, 5) is 4.19. The van der Waals surface area contributed by atoms with Crippen LogP contribution in [0.15, 0.2) is 4.52 Å². The molecule has 0 radical (unpaired) electrons. The van der Waals surface area contributed by atoms with Crippen LogP contribution in [0.5, 0.6) is 0 Å². The fraction of sp³-hybridized carbons (Fsp3) is 0.800. The largest absolute Gasteiger partial charge is 0.374 e. The van der Waals surface area contributed by atoms with Crippen LogP contribution < -0.4 is 5.73 Å². The maximum atomic E-state index is 5.95. The average molecular weight is 213 g/mol. The maximum Gasteiger partial charge on any atom is 0.243 e. The molecule has 5 heteroatoms. The number of nitrogens with two attached hydrogens (primary N) is 1. The van der Waals surface area contributed by atoms with Gasteiger partial charge >= 0.3 is 0 Å². The van der Waals surface area contributed by atoms with E-state index in [2.05, 4.69) is 24.0 Å². The predicted octanol–water partition coefficient (Wildman–Crippen LogP) is 1.65. The molecule has 0 spiro atoms. The van der Waals surface area contributed by atoms with Gasteiger partial charge in [0.05, 0.1) is 6.04 Å². The van der Waals surface area contributed by atoms with Crippen molar-refractivity contribution in [1.29, 1.82) is 0 Å². The molecule has 0 fully saturated rings. The topological polar surface area (TPSA) is 74.2 Å². The monoisotopic (exact) mass is 213 g/mol. The van der Waals surface area contributed by atoms with Gasteiger partial charge in [-0.05, 0) is 12.8 Å². The van der Waals surface area contributed by atoms with Crippen molar-refractivity contribution in [3.8, 4) is 0 Å². The highest BCUT2D eigenvalue weighted by Crippen LogP contribution is 2.19. The summed E-state index contributed by atoms with van der Waals surface area (Å²) >= 11 is 0. The van der Waals surface area contributed by atoms with E-state index in [0.29, 0.717) is 30.8 Å². The highest BCUT2D eigenvalue weighted by molar-refractivity contribution is 4.92. The average Bonchev–Trinajstić information content (AvgIpc) is 2.72. The van der Waals surface area contributed by atoms with Gasteiger partial charge in [0.1, 0.15) is 6.61 Å². The van der Waals surface area contributed by atoms with Gasteiger partial charge in [0.15, 0.2) is 5.82 Å². The molecular formula is C10H19N3O2. The van der Waals surface area contributed by atoms with E-state index < -0.39 is 0 Å². The first-order chi connectivity index (χ1) is 7.19. The standard InChI is InChI=1S/C10H19N3O2/c1-4-7(3)9(11)10-12-8(13-15-10)6-14-5-2/h7,9H,4-6,11H2,1-3H3. The molecule has 0 aliphatic carbocycles. The van der Waals surface area contributed by atoms with Gasteiger partial charge in [-0.25, -0.2) is 0 Å². The van der Waals surface area contributed by atoms with Crippen molar-refractivity contribution < 1.29 is 9.26 Å². The van der Waals surface area contributed by atoms with Crippen molar-refractivity contribution in [3.63, 3.8) is 0 Å². The molecule has 0 aliphatic heterocycles. The molecule has 0 aliphatic rings. The molecule has 1 aromatic heterocycles. The van der Waals surface area contributed by atoms with E-state index in [1.807, 2.05) is 6.92 Å². The molecule has 0 aromatic carbocycles. The van der Waals surface area contributed by atoms with Crippen molar-refractivity contribution in [1.82, 2.24) is 10.1 Å². The second kappa shape index (κ2) is 5.82. The molecule has 1 heterocycles. The lowest BCUT2D eigenvalue weighted by atomic mass is 10.0. The Morgan fingerprint density at radius 1 is 1.47 bits per heavy atom. The number of aromatic nitrogens is 2. The van der Waals surface area contributed by atoms with E-state index in [-0.39, 0.29) is 6.04 Å². The Kier molecular flexibility index (Phi) is 4.71. The van der Waals surface area contributed by atoms with Gasteiger partial charge in [-0.2, -0.15) is 4.98 Å². The summed E-state index contributed by atoms with van der Waals surface area (Å²) in [6, 6.07) is -0.183. The van der Waals surface area contributed by atoms with Crippen LogP contribution >= 0.6 is 0 Å². The Morgan fingerprint density at radius 2 is 2.20 bits per heavy atom. The highest BCUT2D eigenvalue weighted by Gasteiger charge is 2.19. The molecule has 15 heavy (non-hydrogen) atoms. The molecule has 86 valence electrons. The first-order valence-electron chi connectivity index (χ1n) is 5.34. The third kappa shape index (κ3) is 3.28. The van der Waals surface area contributed by atoms with Crippen LogP contribution in [0.1, 0.15) is 44.9 Å². The Balaban J connectivity index is 2.58. The normalized spacial score (nSPS) is 15.2. The second-order valence-electron chi connectivity index (χ2n) is 3.60. The minimum atomic E-state index is -0.183. The van der Waals surface area contributed by atoms with Gasteiger partial charge < -0.3 is 15.0 Å². The zero-order valence-corrected chi connectivity index (χ0v) is 9.56. The Labute approximate surface area is 90.0 Å². The molecule has 5 nitrogen and oxygen atoms in total. The van der Waals surface area contributed by atoms with Crippen LogP contribution in [-0.4, -0.2) is 16.7 Å². The van der Waals surface area contributed by atoms with Gasteiger partial charge in [-0.3, -0.25) is 0 Å². The van der Waals surface area contributed by atoms with Gasteiger partial charge in [0, 0.05) is 6.61 Å². The smallest absolute Gasteiger partial charge is 0.243 e. The Bertz CT molecular complexity index is 288. The van der Waals surface area contributed by atoms with E-state index in [1.165, 1.54) is 0 Å². The summed E-state index contributed by atoms with van der Waals surface area (Å²) in [7, 11) is 0. The quantitative estimate of drug-likeness (QED) is 0.777. The fourth-order valence-corrected chi connectivity index (χ4v) is 1.15. The number of hydrogen-bond donors (Lipinski definition) is 1. The molecule has 1 aromatic rings. The molecule has 0 saturated carbocycles. The molecular weight excluding hydrogens is 194 g/mol. The summed E-state index contributed by atoms with van der Waals surface area (Å²) in [5.74, 6) is 1.40. The minimum Gasteiger partial charge on any atom is -0.374 e. The zero-order chi connectivity index (χ0) is 11.3. The lowest BCUT2D eigenvalue weighted by Crippen LogP contribution is -2.18. The zero-order valence-electron chi connectivity index (χ0n) is 9.56. The molecule has 2 atom stereocenters. The van der Waals surface area contributed by atoms with Crippen LogP contribution in [0.25, 0.3) is 0 Å². The maximum absolute atomic E-state index is 5.95.